The van der Waals surface area contributed by atoms with Crippen molar-refractivity contribution in [2.45, 2.75) is 24.7 Å². The summed E-state index contributed by atoms with van der Waals surface area (Å²) in [5.74, 6) is -0.256. The Balaban J connectivity index is 1.69. The molecule has 1 amide bonds. The van der Waals surface area contributed by atoms with Crippen LogP contribution in [0.4, 0.5) is 0 Å². The zero-order chi connectivity index (χ0) is 21.8. The fraction of sp³-hybridized carbons (Fsp3) is 0.375. The summed E-state index contributed by atoms with van der Waals surface area (Å²) >= 11 is 0. The zero-order valence-electron chi connectivity index (χ0n) is 17.9. The van der Waals surface area contributed by atoms with Crippen molar-refractivity contribution in [3.05, 3.63) is 71.7 Å². The second-order valence-electron chi connectivity index (χ2n) is 7.87. The number of benzene rings is 1. The lowest BCUT2D eigenvalue weighted by Crippen LogP contribution is -2.46. The van der Waals surface area contributed by atoms with Crippen LogP contribution in [0.2, 0.25) is 0 Å². The fourth-order valence-electron chi connectivity index (χ4n) is 4.39. The van der Waals surface area contributed by atoms with Crippen LogP contribution in [0.1, 0.15) is 40.9 Å². The van der Waals surface area contributed by atoms with Crippen molar-refractivity contribution in [2.75, 3.05) is 33.9 Å². The normalized spacial score (nSPS) is 15.7. The van der Waals surface area contributed by atoms with Crippen LogP contribution in [0, 0.1) is 0 Å². The number of piperidine rings is 1. The highest BCUT2D eigenvalue weighted by atomic mass is 16.5. The van der Waals surface area contributed by atoms with Gasteiger partial charge in [0.1, 0.15) is 5.65 Å². The SMILES string of the molecule is COCCC(=O)N1CCC(c2ccccc2)(c2cn3ccc(C(=O)OC)cc3n2)CC1. The molecule has 1 fully saturated rings. The summed E-state index contributed by atoms with van der Waals surface area (Å²) in [6.07, 6.45) is 5.83. The monoisotopic (exact) mass is 421 g/mol. The lowest BCUT2D eigenvalue weighted by Gasteiger charge is -2.41. The highest BCUT2D eigenvalue weighted by molar-refractivity contribution is 5.90. The molecule has 0 saturated carbocycles. The topological polar surface area (TPSA) is 73.1 Å². The molecule has 3 aromatic rings. The first-order valence-corrected chi connectivity index (χ1v) is 10.5. The van der Waals surface area contributed by atoms with Gasteiger partial charge in [0.05, 0.1) is 31.4 Å². The van der Waals surface area contributed by atoms with Gasteiger partial charge < -0.3 is 18.8 Å². The summed E-state index contributed by atoms with van der Waals surface area (Å²) in [4.78, 5) is 31.2. The van der Waals surface area contributed by atoms with E-state index in [0.717, 1.165) is 18.5 Å². The third-order valence-electron chi connectivity index (χ3n) is 6.19. The molecule has 1 saturated heterocycles. The predicted molar refractivity (Wildman–Crippen MR) is 116 cm³/mol. The molecule has 1 aliphatic rings. The maximum absolute atomic E-state index is 12.5. The number of aromatic nitrogens is 2. The number of hydrogen-bond acceptors (Lipinski definition) is 5. The van der Waals surface area contributed by atoms with Crippen LogP contribution in [0.25, 0.3) is 5.65 Å². The highest BCUT2D eigenvalue weighted by Gasteiger charge is 2.40. The molecule has 0 aliphatic carbocycles. The molecular weight excluding hydrogens is 394 g/mol. The van der Waals surface area contributed by atoms with E-state index in [2.05, 4.69) is 12.1 Å². The molecule has 0 radical (unpaired) electrons. The van der Waals surface area contributed by atoms with Crippen molar-refractivity contribution in [3.63, 3.8) is 0 Å². The molecule has 0 bridgehead atoms. The van der Waals surface area contributed by atoms with Gasteiger partial charge in [-0.05, 0) is 30.5 Å². The van der Waals surface area contributed by atoms with Gasteiger partial charge in [-0.1, -0.05) is 30.3 Å². The van der Waals surface area contributed by atoms with E-state index in [-0.39, 0.29) is 17.3 Å². The number of amides is 1. The van der Waals surface area contributed by atoms with E-state index in [9.17, 15) is 9.59 Å². The predicted octanol–water partition coefficient (Wildman–Crippen LogP) is 3.07. The molecular formula is C24H27N3O4. The summed E-state index contributed by atoms with van der Waals surface area (Å²) in [6, 6.07) is 13.8. The number of pyridine rings is 1. The number of esters is 1. The summed E-state index contributed by atoms with van der Waals surface area (Å²) in [6.45, 7) is 1.77. The van der Waals surface area contributed by atoms with Crippen LogP contribution in [0.3, 0.4) is 0 Å². The molecule has 0 N–H and O–H groups in total. The smallest absolute Gasteiger partial charge is 0.338 e. The third-order valence-corrected chi connectivity index (χ3v) is 6.19. The number of hydrogen-bond donors (Lipinski definition) is 0. The molecule has 4 rings (SSSR count). The standard InChI is InChI=1S/C24H27N3O4/c1-30-15-9-22(28)26-13-10-24(11-14-26,19-6-4-3-5-7-19)20-17-27-12-8-18(23(29)31-2)16-21(27)25-20/h3-8,12,16-17H,9-11,13-15H2,1-2H3. The number of rotatable bonds is 6. The summed E-state index contributed by atoms with van der Waals surface area (Å²) in [5, 5.41) is 0. The zero-order valence-corrected chi connectivity index (χ0v) is 17.9. The molecule has 0 atom stereocenters. The number of likely N-dealkylation sites (tertiary alicyclic amines) is 1. The lowest BCUT2D eigenvalue weighted by molar-refractivity contribution is -0.133. The number of carbonyl (C=O) groups excluding carboxylic acids is 2. The molecule has 7 nitrogen and oxygen atoms in total. The Morgan fingerprint density at radius 2 is 1.84 bits per heavy atom. The second kappa shape index (κ2) is 8.89. The maximum Gasteiger partial charge on any atom is 0.338 e. The Hall–Kier alpha value is -3.19. The van der Waals surface area contributed by atoms with E-state index in [1.807, 2.05) is 39.9 Å². The summed E-state index contributed by atoms with van der Waals surface area (Å²) in [7, 11) is 2.98. The van der Waals surface area contributed by atoms with Gasteiger partial charge in [-0.25, -0.2) is 9.78 Å². The van der Waals surface area contributed by atoms with Crippen molar-refractivity contribution in [2.24, 2.45) is 0 Å². The van der Waals surface area contributed by atoms with E-state index in [1.54, 1.807) is 19.2 Å². The number of carbonyl (C=O) groups is 2. The van der Waals surface area contributed by atoms with E-state index < -0.39 is 0 Å². The van der Waals surface area contributed by atoms with E-state index in [0.29, 0.717) is 37.3 Å². The second-order valence-corrected chi connectivity index (χ2v) is 7.87. The molecule has 0 spiro atoms. The number of methoxy groups -OCH3 is 2. The van der Waals surface area contributed by atoms with Crippen molar-refractivity contribution < 1.29 is 19.1 Å². The largest absolute Gasteiger partial charge is 0.465 e. The number of ether oxygens (including phenoxy) is 2. The number of imidazole rings is 1. The Bertz CT molecular complexity index is 1070. The van der Waals surface area contributed by atoms with E-state index >= 15 is 0 Å². The minimum Gasteiger partial charge on any atom is -0.465 e. The Morgan fingerprint density at radius 1 is 1.10 bits per heavy atom. The van der Waals surface area contributed by atoms with Crippen molar-refractivity contribution >= 4 is 17.5 Å². The van der Waals surface area contributed by atoms with Gasteiger partial charge in [-0.3, -0.25) is 4.79 Å². The van der Waals surface area contributed by atoms with Crippen molar-refractivity contribution in [3.8, 4) is 0 Å². The van der Waals surface area contributed by atoms with Crippen molar-refractivity contribution in [1.29, 1.82) is 0 Å². The van der Waals surface area contributed by atoms with Crippen LogP contribution >= 0.6 is 0 Å². The van der Waals surface area contributed by atoms with Crippen LogP contribution in [0.15, 0.2) is 54.9 Å². The van der Waals surface area contributed by atoms with Gasteiger partial charge in [0.15, 0.2) is 0 Å². The minimum absolute atomic E-state index is 0.126. The fourth-order valence-corrected chi connectivity index (χ4v) is 4.39. The van der Waals surface area contributed by atoms with E-state index in [1.165, 1.54) is 12.7 Å². The maximum atomic E-state index is 12.5. The van der Waals surface area contributed by atoms with Gasteiger partial charge in [-0.2, -0.15) is 0 Å². The molecule has 7 heteroatoms. The number of nitrogens with zero attached hydrogens (tertiary/aromatic N) is 3. The van der Waals surface area contributed by atoms with Crippen LogP contribution in [-0.2, 0) is 19.7 Å². The van der Waals surface area contributed by atoms with Gasteiger partial charge >= 0.3 is 5.97 Å². The third kappa shape index (κ3) is 4.05. The van der Waals surface area contributed by atoms with Gasteiger partial charge in [-0.15, -0.1) is 0 Å². The van der Waals surface area contributed by atoms with Gasteiger partial charge in [0, 0.05) is 38.0 Å². The molecule has 1 aromatic carbocycles. The molecule has 31 heavy (non-hydrogen) atoms. The Kier molecular flexibility index (Phi) is 6.04. The first-order valence-electron chi connectivity index (χ1n) is 10.5. The van der Waals surface area contributed by atoms with Gasteiger partial charge in [0.25, 0.3) is 0 Å². The molecule has 162 valence electrons. The molecule has 2 aromatic heterocycles. The first-order chi connectivity index (χ1) is 15.1. The Morgan fingerprint density at radius 3 is 2.52 bits per heavy atom. The molecule has 0 unspecified atom stereocenters. The van der Waals surface area contributed by atoms with Crippen LogP contribution < -0.4 is 0 Å². The minimum atomic E-state index is -0.382. The average molecular weight is 421 g/mol. The highest BCUT2D eigenvalue weighted by Crippen LogP contribution is 2.41. The summed E-state index contributed by atoms with van der Waals surface area (Å²) in [5.41, 5.74) is 3.02. The van der Waals surface area contributed by atoms with Crippen LogP contribution in [0.5, 0.6) is 0 Å². The Labute approximate surface area is 181 Å². The van der Waals surface area contributed by atoms with Crippen molar-refractivity contribution in [1.82, 2.24) is 14.3 Å². The molecule has 1 aliphatic heterocycles. The molecule has 3 heterocycles. The van der Waals surface area contributed by atoms with Crippen LogP contribution in [-0.4, -0.2) is 60.1 Å². The van der Waals surface area contributed by atoms with E-state index in [4.69, 9.17) is 14.5 Å². The average Bonchev–Trinajstić information content (AvgIpc) is 3.26. The van der Waals surface area contributed by atoms with Gasteiger partial charge in [0.2, 0.25) is 5.91 Å². The lowest BCUT2D eigenvalue weighted by atomic mass is 9.70. The first kappa shape index (κ1) is 21.1. The quantitative estimate of drug-likeness (QED) is 0.572. The number of fused-ring (bicyclic) bond motifs is 1. The summed E-state index contributed by atoms with van der Waals surface area (Å²) < 4.78 is 11.8.